The molecular formula is C16H12Cl2N2O3. The highest BCUT2D eigenvalue weighted by molar-refractivity contribution is 6.33. The summed E-state index contributed by atoms with van der Waals surface area (Å²) in [5.41, 5.74) is 0.575. The fourth-order valence-corrected chi connectivity index (χ4v) is 2.73. The molecule has 23 heavy (non-hydrogen) atoms. The van der Waals surface area contributed by atoms with Gasteiger partial charge in [0.1, 0.15) is 6.04 Å². The third-order valence-corrected chi connectivity index (χ3v) is 3.97. The Morgan fingerprint density at radius 2 is 2.04 bits per heavy atom. The molecule has 0 fully saturated rings. The predicted molar refractivity (Wildman–Crippen MR) is 87.8 cm³/mol. The van der Waals surface area contributed by atoms with Crippen molar-refractivity contribution in [2.45, 2.75) is 19.4 Å². The molecule has 0 aliphatic rings. The van der Waals surface area contributed by atoms with Gasteiger partial charge in [-0.2, -0.15) is 5.26 Å². The third-order valence-electron chi connectivity index (χ3n) is 3.43. The lowest BCUT2D eigenvalue weighted by atomic mass is 10.0. The number of carboxylic acid groups (broad SMARTS) is 1. The van der Waals surface area contributed by atoms with Crippen LogP contribution in [0.4, 0.5) is 0 Å². The number of carbonyl (C=O) groups is 1. The summed E-state index contributed by atoms with van der Waals surface area (Å²) in [5, 5.41) is 18.9. The van der Waals surface area contributed by atoms with Gasteiger partial charge in [0, 0.05) is 28.4 Å². The number of aromatic nitrogens is 1. The van der Waals surface area contributed by atoms with Crippen LogP contribution in [0.25, 0.3) is 11.1 Å². The van der Waals surface area contributed by atoms with Crippen molar-refractivity contribution in [3.05, 3.63) is 56.4 Å². The minimum Gasteiger partial charge on any atom is -0.480 e. The summed E-state index contributed by atoms with van der Waals surface area (Å²) in [6.07, 6.45) is 1.52. The molecule has 2 rings (SSSR count). The van der Waals surface area contributed by atoms with Crippen LogP contribution in [0.5, 0.6) is 0 Å². The maximum Gasteiger partial charge on any atom is 0.326 e. The molecule has 1 unspecified atom stereocenters. The SMILES string of the molecule is CCC(C(=O)O)n1cc(Cl)c(-c2cc(Cl)ccc2C#N)cc1=O. The van der Waals surface area contributed by atoms with Gasteiger partial charge in [0.2, 0.25) is 0 Å². The lowest BCUT2D eigenvalue weighted by Crippen LogP contribution is -2.28. The zero-order valence-corrected chi connectivity index (χ0v) is 13.6. The zero-order chi connectivity index (χ0) is 17.1. The van der Waals surface area contributed by atoms with E-state index < -0.39 is 17.6 Å². The highest BCUT2D eigenvalue weighted by atomic mass is 35.5. The Bertz CT molecular complexity index is 869. The number of halogens is 2. The van der Waals surface area contributed by atoms with Crippen LogP contribution < -0.4 is 5.56 Å². The molecule has 1 aromatic heterocycles. The van der Waals surface area contributed by atoms with Crippen LogP contribution in [-0.4, -0.2) is 15.6 Å². The molecule has 5 nitrogen and oxygen atoms in total. The zero-order valence-electron chi connectivity index (χ0n) is 12.1. The van der Waals surface area contributed by atoms with Crippen molar-refractivity contribution < 1.29 is 9.90 Å². The topological polar surface area (TPSA) is 83.1 Å². The van der Waals surface area contributed by atoms with E-state index in [-0.39, 0.29) is 11.4 Å². The Labute approximate surface area is 142 Å². The van der Waals surface area contributed by atoms with Crippen LogP contribution in [-0.2, 0) is 4.79 Å². The fourth-order valence-electron chi connectivity index (χ4n) is 2.30. The largest absolute Gasteiger partial charge is 0.480 e. The van der Waals surface area contributed by atoms with Crippen LogP contribution in [0.1, 0.15) is 24.9 Å². The Hall–Kier alpha value is -2.29. The van der Waals surface area contributed by atoms with Crippen molar-refractivity contribution in [2.75, 3.05) is 0 Å². The molecule has 118 valence electrons. The van der Waals surface area contributed by atoms with E-state index in [4.69, 9.17) is 23.2 Å². The summed E-state index contributed by atoms with van der Waals surface area (Å²) >= 11 is 12.2. The number of nitriles is 1. The Kier molecular flexibility index (Phi) is 5.09. The molecular weight excluding hydrogens is 339 g/mol. The van der Waals surface area contributed by atoms with E-state index in [2.05, 4.69) is 0 Å². The summed E-state index contributed by atoms with van der Waals surface area (Å²) in [4.78, 5) is 23.5. The van der Waals surface area contributed by atoms with Gasteiger partial charge in [-0.25, -0.2) is 4.79 Å². The third kappa shape index (κ3) is 3.39. The van der Waals surface area contributed by atoms with E-state index in [1.165, 1.54) is 18.3 Å². The number of benzene rings is 1. The molecule has 0 radical (unpaired) electrons. The first-order chi connectivity index (χ1) is 10.9. The first-order valence-corrected chi connectivity index (χ1v) is 7.49. The van der Waals surface area contributed by atoms with E-state index in [9.17, 15) is 20.0 Å². The lowest BCUT2D eigenvalue weighted by molar-refractivity contribution is -0.141. The average Bonchev–Trinajstić information content (AvgIpc) is 2.50. The van der Waals surface area contributed by atoms with Gasteiger partial charge >= 0.3 is 5.97 Å². The number of hydrogen-bond acceptors (Lipinski definition) is 3. The van der Waals surface area contributed by atoms with E-state index >= 15 is 0 Å². The van der Waals surface area contributed by atoms with Crippen molar-refractivity contribution in [2.24, 2.45) is 0 Å². The van der Waals surface area contributed by atoms with Gasteiger partial charge in [0.15, 0.2) is 0 Å². The normalized spacial score (nSPS) is 11.7. The van der Waals surface area contributed by atoms with Crippen molar-refractivity contribution >= 4 is 29.2 Å². The number of nitrogens with zero attached hydrogens (tertiary/aromatic N) is 2. The van der Waals surface area contributed by atoms with Crippen LogP contribution in [0, 0.1) is 11.3 Å². The van der Waals surface area contributed by atoms with Crippen LogP contribution >= 0.6 is 23.2 Å². The van der Waals surface area contributed by atoms with Crippen LogP contribution in [0.3, 0.4) is 0 Å². The molecule has 2 aromatic rings. The van der Waals surface area contributed by atoms with Gasteiger partial charge in [0.05, 0.1) is 16.7 Å². The van der Waals surface area contributed by atoms with Gasteiger partial charge in [-0.05, 0) is 24.6 Å². The van der Waals surface area contributed by atoms with Gasteiger partial charge in [0.25, 0.3) is 5.56 Å². The lowest BCUT2D eigenvalue weighted by Gasteiger charge is -2.16. The first kappa shape index (κ1) is 17.1. The number of hydrogen-bond donors (Lipinski definition) is 1. The second-order valence-corrected chi connectivity index (χ2v) is 5.69. The van der Waals surface area contributed by atoms with Gasteiger partial charge in [-0.3, -0.25) is 9.36 Å². The molecule has 0 bridgehead atoms. The smallest absolute Gasteiger partial charge is 0.326 e. The minimum atomic E-state index is -1.11. The maximum absolute atomic E-state index is 12.3. The van der Waals surface area contributed by atoms with Gasteiger partial charge < -0.3 is 5.11 Å². The Balaban J connectivity index is 2.67. The summed E-state index contributed by atoms with van der Waals surface area (Å²) in [5.74, 6) is -1.11. The second kappa shape index (κ2) is 6.86. The molecule has 0 aliphatic heterocycles. The van der Waals surface area contributed by atoms with Crippen molar-refractivity contribution in [1.29, 1.82) is 5.26 Å². The van der Waals surface area contributed by atoms with E-state index in [1.807, 2.05) is 6.07 Å². The summed E-state index contributed by atoms with van der Waals surface area (Å²) in [6, 6.07) is 6.88. The molecule has 1 atom stereocenters. The van der Waals surface area contributed by atoms with Gasteiger partial charge in [-0.1, -0.05) is 30.1 Å². The van der Waals surface area contributed by atoms with E-state index in [1.54, 1.807) is 19.1 Å². The molecule has 1 N–H and O–H groups in total. The number of rotatable bonds is 4. The van der Waals surface area contributed by atoms with Crippen molar-refractivity contribution in [3.63, 3.8) is 0 Å². The highest BCUT2D eigenvalue weighted by Gasteiger charge is 2.20. The average molecular weight is 351 g/mol. The quantitative estimate of drug-likeness (QED) is 0.910. The van der Waals surface area contributed by atoms with E-state index in [0.717, 1.165) is 4.57 Å². The predicted octanol–water partition coefficient (Wildman–Crippen LogP) is 3.73. The first-order valence-electron chi connectivity index (χ1n) is 6.73. The summed E-state index contributed by atoms with van der Waals surface area (Å²) in [7, 11) is 0. The molecule has 0 spiro atoms. The molecule has 0 saturated carbocycles. The van der Waals surface area contributed by atoms with Crippen LogP contribution in [0.2, 0.25) is 10.0 Å². The van der Waals surface area contributed by atoms with Crippen LogP contribution in [0.15, 0.2) is 35.3 Å². The van der Waals surface area contributed by atoms with E-state index in [0.29, 0.717) is 21.7 Å². The fraction of sp³-hybridized carbons (Fsp3) is 0.188. The molecule has 0 amide bonds. The molecule has 7 heteroatoms. The molecule has 0 saturated heterocycles. The number of carboxylic acids is 1. The Morgan fingerprint density at radius 1 is 1.35 bits per heavy atom. The summed E-state index contributed by atoms with van der Waals surface area (Å²) in [6.45, 7) is 1.66. The second-order valence-electron chi connectivity index (χ2n) is 4.84. The molecule has 1 aromatic carbocycles. The number of aliphatic carboxylic acids is 1. The van der Waals surface area contributed by atoms with Crippen molar-refractivity contribution in [3.8, 4) is 17.2 Å². The maximum atomic E-state index is 12.3. The van der Waals surface area contributed by atoms with Crippen molar-refractivity contribution in [1.82, 2.24) is 4.57 Å². The standard InChI is InChI=1S/C16H12Cl2N2O3/c1-2-14(16(22)23)20-8-13(18)12(6-15(20)21)11-5-10(17)4-3-9(11)7-19/h3-6,8,14H,2H2,1H3,(H,22,23). The molecule has 1 heterocycles. The monoisotopic (exact) mass is 350 g/mol. The Morgan fingerprint density at radius 3 is 2.61 bits per heavy atom. The number of pyridine rings is 1. The van der Waals surface area contributed by atoms with Gasteiger partial charge in [-0.15, -0.1) is 0 Å². The highest BCUT2D eigenvalue weighted by Crippen LogP contribution is 2.31. The minimum absolute atomic E-state index is 0.170. The summed E-state index contributed by atoms with van der Waals surface area (Å²) < 4.78 is 1.07. The molecule has 0 aliphatic carbocycles.